The highest BCUT2D eigenvalue weighted by atomic mass is 79.9. The molecule has 3 amide bonds. The van der Waals surface area contributed by atoms with Crippen LogP contribution in [0.25, 0.3) is 0 Å². The smallest absolute Gasteiger partial charge is 0.245 e. The number of hydrogen-bond acceptors (Lipinski definition) is 5. The van der Waals surface area contributed by atoms with E-state index < -0.39 is 29.6 Å². The quantitative estimate of drug-likeness (QED) is 0.276. The van der Waals surface area contributed by atoms with Crippen molar-refractivity contribution in [2.75, 3.05) is 26.7 Å². The molecule has 3 aliphatic heterocycles. The number of amides is 3. The predicted molar refractivity (Wildman–Crippen MR) is 120 cm³/mol. The Morgan fingerprint density at radius 1 is 1.19 bits per heavy atom. The van der Waals surface area contributed by atoms with E-state index in [-0.39, 0.29) is 29.2 Å². The van der Waals surface area contributed by atoms with Gasteiger partial charge in [0.1, 0.15) is 11.6 Å². The van der Waals surface area contributed by atoms with Gasteiger partial charge < -0.3 is 25.4 Å². The molecular weight excluding hydrogens is 466 g/mol. The third-order valence-electron chi connectivity index (χ3n) is 6.97. The lowest BCUT2D eigenvalue weighted by atomic mass is 9.70. The van der Waals surface area contributed by atoms with Gasteiger partial charge in [-0.05, 0) is 25.7 Å². The summed E-state index contributed by atoms with van der Waals surface area (Å²) < 4.78 is 6.37. The van der Waals surface area contributed by atoms with E-state index in [4.69, 9.17) is 9.84 Å². The zero-order chi connectivity index (χ0) is 22.6. The molecule has 8 nitrogen and oxygen atoms in total. The Bertz CT molecular complexity index is 678. The van der Waals surface area contributed by atoms with Crippen LogP contribution in [0.4, 0.5) is 0 Å². The Morgan fingerprint density at radius 2 is 1.94 bits per heavy atom. The van der Waals surface area contributed by atoms with Crippen LogP contribution in [-0.4, -0.2) is 77.0 Å². The van der Waals surface area contributed by atoms with Crippen molar-refractivity contribution in [1.29, 1.82) is 0 Å². The van der Waals surface area contributed by atoms with Gasteiger partial charge in [-0.3, -0.25) is 14.4 Å². The minimum absolute atomic E-state index is 0.0706. The van der Waals surface area contributed by atoms with Crippen molar-refractivity contribution in [3.05, 3.63) is 0 Å². The molecule has 0 aromatic rings. The van der Waals surface area contributed by atoms with Crippen molar-refractivity contribution < 1.29 is 24.2 Å². The molecule has 3 unspecified atom stereocenters. The molecule has 3 saturated heterocycles. The van der Waals surface area contributed by atoms with Gasteiger partial charge in [0.25, 0.3) is 0 Å². The summed E-state index contributed by atoms with van der Waals surface area (Å²) in [5.41, 5.74) is -0.965. The van der Waals surface area contributed by atoms with Crippen LogP contribution in [0.3, 0.4) is 0 Å². The number of rotatable bonds is 12. The van der Waals surface area contributed by atoms with Crippen LogP contribution in [0.15, 0.2) is 0 Å². The predicted octanol–water partition coefficient (Wildman–Crippen LogP) is 1.34. The Kier molecular flexibility index (Phi) is 8.37. The third kappa shape index (κ3) is 4.50. The summed E-state index contributed by atoms with van der Waals surface area (Å²) in [6.45, 7) is 3.30. The van der Waals surface area contributed by atoms with Crippen LogP contribution in [-0.2, 0) is 19.1 Å². The van der Waals surface area contributed by atoms with Crippen molar-refractivity contribution in [2.24, 2.45) is 11.8 Å². The van der Waals surface area contributed by atoms with E-state index in [9.17, 15) is 14.4 Å². The average molecular weight is 502 g/mol. The van der Waals surface area contributed by atoms with Gasteiger partial charge in [-0.15, -0.1) is 0 Å². The van der Waals surface area contributed by atoms with E-state index in [0.717, 1.165) is 44.9 Å². The first-order valence-electron chi connectivity index (χ1n) is 11.7. The minimum atomic E-state index is -0.965. The molecule has 3 rings (SSSR count). The molecule has 0 aromatic heterocycles. The SMILES string of the molecule is CCCCCNC(=O)C1N(CCCCCCO)C(=O)[C@@H]2[C@@H](C(=O)NC)[C@@H]3OC12CC3Br. The van der Waals surface area contributed by atoms with Gasteiger partial charge in [-0.1, -0.05) is 48.5 Å². The summed E-state index contributed by atoms with van der Waals surface area (Å²) in [5, 5.41) is 14.7. The number of carbonyl (C=O) groups is 3. The fourth-order valence-corrected chi connectivity index (χ4v) is 6.51. The number of halogens is 1. The molecule has 176 valence electrons. The molecule has 31 heavy (non-hydrogen) atoms. The lowest BCUT2D eigenvalue weighted by Crippen LogP contribution is -2.56. The Labute approximate surface area is 193 Å². The molecule has 3 heterocycles. The number of carbonyl (C=O) groups excluding carboxylic acids is 3. The monoisotopic (exact) mass is 501 g/mol. The van der Waals surface area contributed by atoms with E-state index in [1.807, 2.05) is 0 Å². The minimum Gasteiger partial charge on any atom is -0.396 e. The van der Waals surface area contributed by atoms with E-state index in [1.165, 1.54) is 0 Å². The second-order valence-corrected chi connectivity index (χ2v) is 10.1. The molecule has 3 aliphatic rings. The highest BCUT2D eigenvalue weighted by Crippen LogP contribution is 2.59. The van der Waals surface area contributed by atoms with Crippen LogP contribution in [0.1, 0.15) is 58.3 Å². The summed E-state index contributed by atoms with van der Waals surface area (Å²) in [5.74, 6) is -1.76. The molecule has 1 spiro atoms. The highest BCUT2D eigenvalue weighted by molar-refractivity contribution is 9.09. The zero-order valence-electron chi connectivity index (χ0n) is 18.6. The standard InChI is InChI=1S/C22H36BrN3O5/c1-3-4-7-10-25-20(29)18-22-13-14(23)17(31-22)15(19(28)24-2)16(22)21(30)26(18)11-8-5-6-9-12-27/h14-18,27H,3-13H2,1-2H3,(H,24,28)(H,25,29)/t14?,15-,16+,17-,18?,22?/m1/s1. The second-order valence-electron chi connectivity index (χ2n) is 8.95. The Balaban J connectivity index is 1.83. The van der Waals surface area contributed by atoms with Crippen molar-refractivity contribution in [1.82, 2.24) is 15.5 Å². The average Bonchev–Trinajstić information content (AvgIpc) is 3.34. The number of nitrogens with zero attached hydrogens (tertiary/aromatic N) is 1. The largest absolute Gasteiger partial charge is 0.396 e. The maximum Gasteiger partial charge on any atom is 0.245 e. The van der Waals surface area contributed by atoms with Gasteiger partial charge in [0.05, 0.1) is 17.9 Å². The molecule has 3 fully saturated rings. The van der Waals surface area contributed by atoms with Gasteiger partial charge in [0, 0.05) is 31.6 Å². The van der Waals surface area contributed by atoms with Crippen molar-refractivity contribution in [3.8, 4) is 0 Å². The molecule has 9 heteroatoms. The number of alkyl halides is 1. The molecule has 0 saturated carbocycles. The summed E-state index contributed by atoms with van der Waals surface area (Å²) in [6, 6.07) is -0.718. The first-order valence-corrected chi connectivity index (χ1v) is 12.6. The molecular formula is C22H36BrN3O5. The van der Waals surface area contributed by atoms with Crippen LogP contribution in [0.2, 0.25) is 0 Å². The Morgan fingerprint density at radius 3 is 2.61 bits per heavy atom. The molecule has 2 bridgehead atoms. The van der Waals surface area contributed by atoms with Gasteiger partial charge >= 0.3 is 0 Å². The maximum absolute atomic E-state index is 13.6. The van der Waals surface area contributed by atoms with E-state index in [2.05, 4.69) is 33.5 Å². The molecule has 0 aliphatic carbocycles. The molecule has 6 atom stereocenters. The second kappa shape index (κ2) is 10.6. The first-order chi connectivity index (χ1) is 14.9. The normalized spacial score (nSPS) is 33.6. The van der Waals surface area contributed by atoms with Crippen LogP contribution >= 0.6 is 15.9 Å². The number of aliphatic hydroxyl groups is 1. The first kappa shape index (κ1) is 24.5. The number of ether oxygens (including phenoxy) is 1. The van der Waals surface area contributed by atoms with Gasteiger partial charge in [-0.25, -0.2) is 0 Å². The maximum atomic E-state index is 13.6. The van der Waals surface area contributed by atoms with Gasteiger partial charge in [0.15, 0.2) is 0 Å². The van der Waals surface area contributed by atoms with E-state index in [1.54, 1.807) is 11.9 Å². The van der Waals surface area contributed by atoms with Crippen molar-refractivity contribution in [3.63, 3.8) is 0 Å². The van der Waals surface area contributed by atoms with Gasteiger partial charge in [0.2, 0.25) is 17.7 Å². The number of aliphatic hydroxyl groups excluding tert-OH is 1. The zero-order valence-corrected chi connectivity index (χ0v) is 20.2. The number of unbranched alkanes of at least 4 members (excludes halogenated alkanes) is 5. The summed E-state index contributed by atoms with van der Waals surface area (Å²) in [6.07, 6.45) is 6.36. The fraction of sp³-hybridized carbons (Fsp3) is 0.864. The molecule has 0 radical (unpaired) electrons. The lowest BCUT2D eigenvalue weighted by Gasteiger charge is -2.34. The summed E-state index contributed by atoms with van der Waals surface area (Å²) in [4.78, 5) is 41.2. The van der Waals surface area contributed by atoms with E-state index >= 15 is 0 Å². The van der Waals surface area contributed by atoms with Crippen LogP contribution in [0.5, 0.6) is 0 Å². The highest BCUT2D eigenvalue weighted by Gasteiger charge is 2.76. The fourth-order valence-electron chi connectivity index (χ4n) is 5.57. The number of hydrogen-bond donors (Lipinski definition) is 3. The lowest BCUT2D eigenvalue weighted by molar-refractivity contribution is -0.142. The van der Waals surface area contributed by atoms with Crippen LogP contribution in [0, 0.1) is 11.8 Å². The topological polar surface area (TPSA) is 108 Å². The molecule has 3 N–H and O–H groups in total. The Hall–Kier alpha value is -1.19. The van der Waals surface area contributed by atoms with Gasteiger partial charge in [-0.2, -0.15) is 0 Å². The summed E-state index contributed by atoms with van der Waals surface area (Å²) >= 11 is 3.65. The van der Waals surface area contributed by atoms with E-state index in [0.29, 0.717) is 19.5 Å². The summed E-state index contributed by atoms with van der Waals surface area (Å²) in [7, 11) is 1.57. The third-order valence-corrected chi connectivity index (χ3v) is 7.82. The molecule has 0 aromatic carbocycles. The number of likely N-dealkylation sites (tertiary alicyclic amines) is 1. The van der Waals surface area contributed by atoms with Crippen molar-refractivity contribution >= 4 is 33.7 Å². The van der Waals surface area contributed by atoms with Crippen molar-refractivity contribution in [2.45, 2.75) is 80.9 Å². The number of fused-ring (bicyclic) bond motifs is 1. The van der Waals surface area contributed by atoms with Crippen LogP contribution < -0.4 is 10.6 Å². The number of nitrogens with one attached hydrogen (secondary N) is 2.